The minimum Gasteiger partial charge on any atom is -0.0741 e. The Balaban J connectivity index is 0.00000192. The van der Waals surface area contributed by atoms with Gasteiger partial charge in [-0.3, -0.25) is 0 Å². The maximum Gasteiger partial charge on any atom is 0 e. The molecule has 0 bridgehead atoms. The summed E-state index contributed by atoms with van der Waals surface area (Å²) in [6.07, 6.45) is 14.3. The van der Waals surface area contributed by atoms with E-state index in [0.717, 1.165) is 5.92 Å². The first-order valence-corrected chi connectivity index (χ1v) is 10.3. The van der Waals surface area contributed by atoms with Crippen LogP contribution in [-0.4, -0.2) is 0 Å². The smallest absolute Gasteiger partial charge is 0 e. The number of benzene rings is 3. The van der Waals surface area contributed by atoms with Crippen LogP contribution in [-0.2, 0) is 26.2 Å². The number of fused-ring (bicyclic) bond motifs is 2. The van der Waals surface area contributed by atoms with Gasteiger partial charge >= 0.3 is 0 Å². The molecular formula is C27H26Zr. The zero-order valence-electron chi connectivity index (χ0n) is 16.5. The zero-order valence-corrected chi connectivity index (χ0v) is 19.0. The summed E-state index contributed by atoms with van der Waals surface area (Å²) in [7, 11) is 0. The first kappa shape index (κ1) is 19.6. The zero-order chi connectivity index (χ0) is 18.2. The monoisotopic (exact) mass is 440 g/mol. The molecule has 0 radical (unpaired) electrons. The predicted molar refractivity (Wildman–Crippen MR) is 117 cm³/mol. The van der Waals surface area contributed by atoms with Crippen molar-refractivity contribution in [3.8, 4) is 11.1 Å². The summed E-state index contributed by atoms with van der Waals surface area (Å²) in [5.41, 5.74) is 5.45. The largest absolute Gasteiger partial charge is 0.0741 e. The number of hydrogen-bond acceptors (Lipinski definition) is 0. The van der Waals surface area contributed by atoms with Crippen LogP contribution in [0.15, 0.2) is 66.2 Å². The Kier molecular flexibility index (Phi) is 5.84. The van der Waals surface area contributed by atoms with E-state index in [-0.39, 0.29) is 26.2 Å². The van der Waals surface area contributed by atoms with Crippen LogP contribution >= 0.6 is 0 Å². The normalized spacial score (nSPS) is 17.7. The molecule has 0 heterocycles. The third-order valence-corrected chi connectivity index (χ3v) is 6.15. The summed E-state index contributed by atoms with van der Waals surface area (Å²) < 4.78 is 0. The molecule has 0 nitrogen and oxygen atoms in total. The molecule has 1 saturated carbocycles. The van der Waals surface area contributed by atoms with Gasteiger partial charge in [0.15, 0.2) is 0 Å². The molecule has 0 aromatic heterocycles. The SMILES string of the molecule is Cc1cc(-c2cccc3ccccc23)c2c(c1)=CC(=CC1CCCCC1)C=2.[Zr]. The van der Waals surface area contributed by atoms with Crippen molar-refractivity contribution < 1.29 is 26.2 Å². The first-order chi connectivity index (χ1) is 13.3. The van der Waals surface area contributed by atoms with Crippen molar-refractivity contribution in [1.29, 1.82) is 0 Å². The van der Waals surface area contributed by atoms with Crippen LogP contribution < -0.4 is 10.4 Å². The van der Waals surface area contributed by atoms with E-state index >= 15 is 0 Å². The van der Waals surface area contributed by atoms with Gasteiger partial charge in [-0.15, -0.1) is 0 Å². The van der Waals surface area contributed by atoms with Gasteiger partial charge in [0.2, 0.25) is 0 Å². The van der Waals surface area contributed by atoms with Crippen molar-refractivity contribution in [1.82, 2.24) is 0 Å². The fraction of sp³-hybridized carbons (Fsp3) is 0.259. The van der Waals surface area contributed by atoms with Gasteiger partial charge in [0.25, 0.3) is 0 Å². The molecule has 0 N–H and O–H groups in total. The molecule has 0 atom stereocenters. The van der Waals surface area contributed by atoms with Gasteiger partial charge < -0.3 is 0 Å². The van der Waals surface area contributed by atoms with Gasteiger partial charge in [0.05, 0.1) is 0 Å². The van der Waals surface area contributed by atoms with E-state index in [1.54, 1.807) is 0 Å². The summed E-state index contributed by atoms with van der Waals surface area (Å²) in [6.45, 7) is 2.21. The number of allylic oxidation sites excluding steroid dienone is 2. The summed E-state index contributed by atoms with van der Waals surface area (Å²) in [6, 6.07) is 20.1. The molecule has 0 saturated heterocycles. The van der Waals surface area contributed by atoms with Gasteiger partial charge in [0.1, 0.15) is 0 Å². The molecule has 5 rings (SSSR count). The average Bonchev–Trinajstić information content (AvgIpc) is 3.09. The molecule has 0 spiro atoms. The molecule has 0 unspecified atom stereocenters. The minimum atomic E-state index is 0. The number of aryl methyl sites for hydroxylation is 1. The van der Waals surface area contributed by atoms with Crippen LogP contribution in [0.25, 0.3) is 34.1 Å². The Labute approximate surface area is 186 Å². The van der Waals surface area contributed by atoms with Crippen LogP contribution in [0.4, 0.5) is 0 Å². The summed E-state index contributed by atoms with van der Waals surface area (Å²) in [4.78, 5) is 0. The quantitative estimate of drug-likeness (QED) is 0.465. The molecule has 3 aromatic rings. The van der Waals surface area contributed by atoms with Crippen LogP contribution in [0, 0.1) is 12.8 Å². The second kappa shape index (κ2) is 8.34. The molecule has 138 valence electrons. The Morgan fingerprint density at radius 2 is 1.61 bits per heavy atom. The van der Waals surface area contributed by atoms with Crippen LogP contribution in [0.2, 0.25) is 0 Å². The van der Waals surface area contributed by atoms with E-state index < -0.39 is 0 Å². The minimum absolute atomic E-state index is 0. The van der Waals surface area contributed by atoms with Gasteiger partial charge in [-0.1, -0.05) is 79.9 Å². The second-order valence-electron chi connectivity index (χ2n) is 8.20. The van der Waals surface area contributed by atoms with Crippen molar-refractivity contribution in [2.45, 2.75) is 39.0 Å². The van der Waals surface area contributed by atoms with Crippen molar-refractivity contribution >= 4 is 22.9 Å². The number of hydrogen-bond donors (Lipinski definition) is 0. The molecule has 1 heteroatoms. The summed E-state index contributed by atoms with van der Waals surface area (Å²) in [5.74, 6) is 0.762. The topological polar surface area (TPSA) is 0 Å². The first-order valence-electron chi connectivity index (χ1n) is 10.3. The number of rotatable bonds is 2. The van der Waals surface area contributed by atoms with Crippen molar-refractivity contribution in [3.63, 3.8) is 0 Å². The van der Waals surface area contributed by atoms with Gasteiger partial charge in [0, 0.05) is 26.2 Å². The van der Waals surface area contributed by atoms with Crippen LogP contribution in [0.1, 0.15) is 37.7 Å². The van der Waals surface area contributed by atoms with Crippen LogP contribution in [0.5, 0.6) is 0 Å². The Morgan fingerprint density at radius 3 is 2.46 bits per heavy atom. The Morgan fingerprint density at radius 1 is 0.821 bits per heavy atom. The summed E-state index contributed by atoms with van der Waals surface area (Å²) in [5, 5.41) is 5.41. The average molecular weight is 442 g/mol. The van der Waals surface area contributed by atoms with E-state index in [9.17, 15) is 0 Å². The fourth-order valence-electron chi connectivity index (χ4n) is 4.85. The van der Waals surface area contributed by atoms with Gasteiger partial charge in [-0.25, -0.2) is 0 Å². The Hall–Kier alpha value is -1.72. The Bertz CT molecular complexity index is 1160. The van der Waals surface area contributed by atoms with E-state index in [1.165, 1.54) is 75.6 Å². The molecular weight excluding hydrogens is 416 g/mol. The third-order valence-electron chi connectivity index (χ3n) is 6.15. The van der Waals surface area contributed by atoms with Gasteiger partial charge in [-0.2, -0.15) is 0 Å². The maximum absolute atomic E-state index is 2.53. The van der Waals surface area contributed by atoms with Gasteiger partial charge in [-0.05, 0) is 81.3 Å². The van der Waals surface area contributed by atoms with Crippen molar-refractivity contribution in [3.05, 3.63) is 82.2 Å². The molecule has 2 aliphatic carbocycles. The van der Waals surface area contributed by atoms with E-state index in [0.29, 0.717) is 0 Å². The van der Waals surface area contributed by atoms with Crippen molar-refractivity contribution in [2.24, 2.45) is 5.92 Å². The predicted octanol–water partition coefficient (Wildman–Crippen LogP) is 5.89. The van der Waals surface area contributed by atoms with Crippen molar-refractivity contribution in [2.75, 3.05) is 0 Å². The molecule has 0 aliphatic heterocycles. The maximum atomic E-state index is 2.53. The van der Waals surface area contributed by atoms with E-state index in [1.807, 2.05) is 0 Å². The molecule has 3 aromatic carbocycles. The van der Waals surface area contributed by atoms with Crippen LogP contribution in [0.3, 0.4) is 0 Å². The fourth-order valence-corrected chi connectivity index (χ4v) is 4.85. The molecule has 2 aliphatic rings. The van der Waals surface area contributed by atoms with E-state index in [2.05, 4.69) is 79.7 Å². The second-order valence-corrected chi connectivity index (χ2v) is 8.20. The molecule has 1 fully saturated rings. The third kappa shape index (κ3) is 3.75. The standard InChI is InChI=1S/C27H26.Zr/c1-19-14-23-17-21(16-20-8-3-2-4-9-20)18-26(23)27(15-19)25-13-7-11-22-10-5-6-12-24(22)25;/h5-7,10-18,20H,2-4,8-9H2,1H3;. The molecule has 28 heavy (non-hydrogen) atoms. The summed E-state index contributed by atoms with van der Waals surface area (Å²) >= 11 is 0. The van der Waals surface area contributed by atoms with E-state index in [4.69, 9.17) is 0 Å². The molecule has 0 amide bonds.